The van der Waals surface area contributed by atoms with E-state index in [2.05, 4.69) is 21.4 Å². The van der Waals surface area contributed by atoms with E-state index in [0.29, 0.717) is 11.1 Å². The molecule has 1 aromatic carbocycles. The fraction of sp³-hybridized carbons (Fsp3) is 0.455. The van der Waals surface area contributed by atoms with Crippen molar-refractivity contribution in [3.8, 4) is 0 Å². The molecule has 0 fully saturated rings. The maximum atomic E-state index is 13.3. The van der Waals surface area contributed by atoms with Crippen molar-refractivity contribution < 1.29 is 9.13 Å². The van der Waals surface area contributed by atoms with E-state index in [1.807, 2.05) is 13.8 Å². The minimum atomic E-state index is -0.303. The van der Waals surface area contributed by atoms with Crippen LogP contribution in [0.4, 0.5) is 4.39 Å². The number of nitrogens with one attached hydrogen (secondary N) is 1. The molecule has 0 aliphatic heterocycles. The van der Waals surface area contributed by atoms with Gasteiger partial charge < -0.3 is 4.74 Å². The topological polar surface area (TPSA) is 47.3 Å². The highest BCUT2D eigenvalue weighted by atomic mass is 79.9. The number of ether oxygens (including phenoxy) is 1. The second-order valence-electron chi connectivity index (χ2n) is 3.77. The fourth-order valence-corrected chi connectivity index (χ4v) is 1.50. The normalized spacial score (nSPS) is 13.1. The lowest BCUT2D eigenvalue weighted by Crippen LogP contribution is -2.32. The highest BCUT2D eigenvalue weighted by molar-refractivity contribution is 9.10. The lowest BCUT2D eigenvalue weighted by molar-refractivity contribution is 0.0611. The van der Waals surface area contributed by atoms with Gasteiger partial charge in [-0.25, -0.2) is 4.39 Å². The second kappa shape index (κ2) is 6.30. The summed E-state index contributed by atoms with van der Waals surface area (Å²) in [6, 6.07) is 4.70. The summed E-state index contributed by atoms with van der Waals surface area (Å²) in [6.07, 6.45) is 0.121. The average Bonchev–Trinajstić information content (AvgIpc) is 2.23. The predicted octanol–water partition coefficient (Wildman–Crippen LogP) is 2.52. The summed E-state index contributed by atoms with van der Waals surface area (Å²) in [5.74, 6) is 5.11. The molecule has 16 heavy (non-hydrogen) atoms. The van der Waals surface area contributed by atoms with E-state index in [9.17, 15) is 4.39 Å². The molecular weight excluding hydrogens is 275 g/mol. The monoisotopic (exact) mass is 290 g/mol. The smallest absolute Gasteiger partial charge is 0.137 e. The number of benzene rings is 1. The van der Waals surface area contributed by atoms with Gasteiger partial charge in [0.05, 0.1) is 23.2 Å². The van der Waals surface area contributed by atoms with Crippen molar-refractivity contribution in [2.75, 3.05) is 6.61 Å². The van der Waals surface area contributed by atoms with Crippen LogP contribution in [0.2, 0.25) is 0 Å². The zero-order valence-electron chi connectivity index (χ0n) is 9.34. The van der Waals surface area contributed by atoms with E-state index in [-0.39, 0.29) is 18.0 Å². The highest BCUT2D eigenvalue weighted by Gasteiger charge is 2.12. The van der Waals surface area contributed by atoms with Gasteiger partial charge in [0.2, 0.25) is 0 Å². The minimum Gasteiger partial charge on any atom is -0.377 e. The number of hydrazine groups is 1. The van der Waals surface area contributed by atoms with Crippen LogP contribution in [0.15, 0.2) is 22.7 Å². The molecule has 0 aliphatic rings. The summed E-state index contributed by atoms with van der Waals surface area (Å²) in [7, 11) is 0. The number of halogens is 2. The number of hydrogen-bond donors (Lipinski definition) is 2. The molecule has 0 radical (unpaired) electrons. The lowest BCUT2D eigenvalue weighted by atomic mass is 10.1. The van der Waals surface area contributed by atoms with Crippen LogP contribution in [0.3, 0.4) is 0 Å². The minimum absolute atomic E-state index is 0.121. The summed E-state index contributed by atoms with van der Waals surface area (Å²) in [4.78, 5) is 0. The molecule has 0 heterocycles. The van der Waals surface area contributed by atoms with Crippen LogP contribution < -0.4 is 11.3 Å². The molecule has 1 aromatic rings. The first-order chi connectivity index (χ1) is 7.54. The van der Waals surface area contributed by atoms with Crippen LogP contribution >= 0.6 is 15.9 Å². The van der Waals surface area contributed by atoms with Crippen molar-refractivity contribution in [3.05, 3.63) is 34.1 Å². The predicted molar refractivity (Wildman–Crippen MR) is 65.3 cm³/mol. The van der Waals surface area contributed by atoms with Gasteiger partial charge in [-0.3, -0.25) is 11.3 Å². The Balaban J connectivity index is 2.74. The summed E-state index contributed by atoms with van der Waals surface area (Å²) in [5, 5.41) is 0. The molecule has 3 nitrogen and oxygen atoms in total. The van der Waals surface area contributed by atoms with E-state index in [1.165, 1.54) is 6.07 Å². The first kappa shape index (κ1) is 13.6. The van der Waals surface area contributed by atoms with Crippen LogP contribution in [-0.2, 0) is 4.74 Å². The Hall–Kier alpha value is -0.490. The SMILES string of the molecule is CC(C)OCC(NN)c1ccc(Br)c(F)c1. The van der Waals surface area contributed by atoms with E-state index < -0.39 is 0 Å². The third-order valence-electron chi connectivity index (χ3n) is 2.14. The summed E-state index contributed by atoms with van der Waals surface area (Å²) < 4.78 is 19.2. The highest BCUT2D eigenvalue weighted by Crippen LogP contribution is 2.20. The molecule has 0 saturated carbocycles. The molecule has 90 valence electrons. The summed E-state index contributed by atoms with van der Waals surface area (Å²) in [5.41, 5.74) is 3.38. The van der Waals surface area contributed by atoms with Gasteiger partial charge in [0, 0.05) is 0 Å². The Morgan fingerprint density at radius 1 is 1.50 bits per heavy atom. The Morgan fingerprint density at radius 3 is 2.69 bits per heavy atom. The van der Waals surface area contributed by atoms with Gasteiger partial charge in [0.1, 0.15) is 5.82 Å². The maximum Gasteiger partial charge on any atom is 0.137 e. The first-order valence-corrected chi connectivity index (χ1v) is 5.86. The van der Waals surface area contributed by atoms with Crippen molar-refractivity contribution in [3.63, 3.8) is 0 Å². The van der Waals surface area contributed by atoms with Gasteiger partial charge in [-0.1, -0.05) is 6.07 Å². The standard InChI is InChI=1S/C11H16BrFN2O/c1-7(2)16-6-11(15-14)8-3-4-9(12)10(13)5-8/h3-5,7,11,15H,6,14H2,1-2H3. The number of nitrogens with two attached hydrogens (primary N) is 1. The van der Waals surface area contributed by atoms with E-state index in [0.717, 1.165) is 5.56 Å². The Kier molecular flexibility index (Phi) is 5.34. The third kappa shape index (κ3) is 3.83. The van der Waals surface area contributed by atoms with Crippen LogP contribution in [0.1, 0.15) is 25.5 Å². The third-order valence-corrected chi connectivity index (χ3v) is 2.79. The van der Waals surface area contributed by atoms with Gasteiger partial charge in [-0.15, -0.1) is 0 Å². The van der Waals surface area contributed by atoms with Gasteiger partial charge in [0.25, 0.3) is 0 Å². The van der Waals surface area contributed by atoms with Crippen LogP contribution in [0.25, 0.3) is 0 Å². The fourth-order valence-electron chi connectivity index (χ4n) is 1.26. The zero-order chi connectivity index (χ0) is 12.1. The molecule has 1 rings (SSSR count). The summed E-state index contributed by atoms with van der Waals surface area (Å²) in [6.45, 7) is 4.29. The Morgan fingerprint density at radius 2 is 2.19 bits per heavy atom. The van der Waals surface area contributed by atoms with Crippen molar-refractivity contribution in [1.82, 2.24) is 5.43 Å². The molecule has 0 saturated heterocycles. The molecule has 5 heteroatoms. The van der Waals surface area contributed by atoms with Crippen LogP contribution in [-0.4, -0.2) is 12.7 Å². The zero-order valence-corrected chi connectivity index (χ0v) is 10.9. The molecule has 0 amide bonds. The first-order valence-electron chi connectivity index (χ1n) is 5.07. The lowest BCUT2D eigenvalue weighted by Gasteiger charge is -2.18. The molecular formula is C11H16BrFN2O. The van der Waals surface area contributed by atoms with E-state index in [4.69, 9.17) is 10.6 Å². The van der Waals surface area contributed by atoms with Gasteiger partial charge in [-0.2, -0.15) is 0 Å². The average molecular weight is 291 g/mol. The van der Waals surface area contributed by atoms with Crippen LogP contribution in [0, 0.1) is 5.82 Å². The van der Waals surface area contributed by atoms with Crippen LogP contribution in [0.5, 0.6) is 0 Å². The maximum absolute atomic E-state index is 13.3. The van der Waals surface area contributed by atoms with E-state index in [1.54, 1.807) is 12.1 Å². The molecule has 0 bridgehead atoms. The molecule has 0 spiro atoms. The summed E-state index contributed by atoms with van der Waals surface area (Å²) >= 11 is 3.10. The van der Waals surface area contributed by atoms with Gasteiger partial charge in [-0.05, 0) is 47.5 Å². The van der Waals surface area contributed by atoms with Gasteiger partial charge >= 0.3 is 0 Å². The Labute approximate surface area is 103 Å². The van der Waals surface area contributed by atoms with Gasteiger partial charge in [0.15, 0.2) is 0 Å². The largest absolute Gasteiger partial charge is 0.377 e. The molecule has 0 aliphatic carbocycles. The van der Waals surface area contributed by atoms with Crippen molar-refractivity contribution in [2.24, 2.45) is 5.84 Å². The van der Waals surface area contributed by atoms with Crippen molar-refractivity contribution in [2.45, 2.75) is 26.0 Å². The molecule has 0 aromatic heterocycles. The molecule has 1 atom stereocenters. The number of hydrogen-bond acceptors (Lipinski definition) is 3. The van der Waals surface area contributed by atoms with Crippen molar-refractivity contribution in [1.29, 1.82) is 0 Å². The number of rotatable bonds is 5. The quantitative estimate of drug-likeness (QED) is 0.647. The second-order valence-corrected chi connectivity index (χ2v) is 4.63. The Bertz CT molecular complexity index is 347. The van der Waals surface area contributed by atoms with Crippen molar-refractivity contribution >= 4 is 15.9 Å². The molecule has 3 N–H and O–H groups in total. The van der Waals surface area contributed by atoms with E-state index >= 15 is 0 Å². The molecule has 1 unspecified atom stereocenters.